The molecule has 168 valence electrons. The van der Waals surface area contributed by atoms with Gasteiger partial charge in [0.1, 0.15) is 11.5 Å². The van der Waals surface area contributed by atoms with Crippen molar-refractivity contribution in [3.05, 3.63) is 54.0 Å². The molecule has 0 spiro atoms. The minimum atomic E-state index is 0.211. The number of nitrogens with zero attached hydrogens (tertiary/aromatic N) is 2. The van der Waals surface area contributed by atoms with Crippen molar-refractivity contribution in [2.24, 2.45) is 10.9 Å². The molecule has 1 unspecified atom stereocenters. The Morgan fingerprint density at radius 1 is 1.13 bits per heavy atom. The minimum Gasteiger partial charge on any atom is -0.493 e. The largest absolute Gasteiger partial charge is 0.493 e. The lowest BCUT2D eigenvalue weighted by molar-refractivity contribution is 0.191. The SMILES string of the molecule is CC1CCN(CCCN=C(NCCc2ccco2)NC2CCOc3ccccc32)CC1. The van der Waals surface area contributed by atoms with E-state index < -0.39 is 0 Å². The van der Waals surface area contributed by atoms with Gasteiger partial charge in [0.05, 0.1) is 18.9 Å². The second kappa shape index (κ2) is 11.2. The molecule has 3 heterocycles. The van der Waals surface area contributed by atoms with Gasteiger partial charge < -0.3 is 24.7 Å². The lowest BCUT2D eigenvalue weighted by Crippen LogP contribution is -2.42. The summed E-state index contributed by atoms with van der Waals surface area (Å²) in [6.07, 6.45) is 7.24. The lowest BCUT2D eigenvalue weighted by atomic mass is 9.99. The van der Waals surface area contributed by atoms with Gasteiger partial charge in [-0.05, 0) is 63.0 Å². The zero-order valence-corrected chi connectivity index (χ0v) is 18.7. The number of nitrogens with one attached hydrogen (secondary N) is 2. The van der Waals surface area contributed by atoms with E-state index in [4.69, 9.17) is 14.1 Å². The van der Waals surface area contributed by atoms with Crippen molar-refractivity contribution in [1.29, 1.82) is 0 Å². The van der Waals surface area contributed by atoms with E-state index in [1.807, 2.05) is 24.3 Å². The molecule has 6 heteroatoms. The van der Waals surface area contributed by atoms with Crippen molar-refractivity contribution in [1.82, 2.24) is 15.5 Å². The van der Waals surface area contributed by atoms with Gasteiger partial charge in [-0.25, -0.2) is 0 Å². The smallest absolute Gasteiger partial charge is 0.191 e. The second-order valence-electron chi connectivity index (χ2n) is 8.74. The van der Waals surface area contributed by atoms with Crippen LogP contribution >= 0.6 is 0 Å². The molecule has 2 aromatic rings. The van der Waals surface area contributed by atoms with Gasteiger partial charge in [0.25, 0.3) is 0 Å². The normalized spacial score (nSPS) is 20.2. The highest BCUT2D eigenvalue weighted by molar-refractivity contribution is 5.80. The number of para-hydroxylation sites is 1. The molecule has 2 N–H and O–H groups in total. The van der Waals surface area contributed by atoms with E-state index in [9.17, 15) is 0 Å². The molecule has 0 saturated carbocycles. The van der Waals surface area contributed by atoms with Gasteiger partial charge in [-0.1, -0.05) is 25.1 Å². The summed E-state index contributed by atoms with van der Waals surface area (Å²) in [6.45, 7) is 8.30. The first-order valence-electron chi connectivity index (χ1n) is 11.8. The maximum atomic E-state index is 5.82. The van der Waals surface area contributed by atoms with E-state index in [1.165, 1.54) is 31.5 Å². The van der Waals surface area contributed by atoms with E-state index in [-0.39, 0.29) is 6.04 Å². The molecule has 1 aromatic carbocycles. The molecule has 1 saturated heterocycles. The van der Waals surface area contributed by atoms with Crippen LogP contribution in [0, 0.1) is 5.92 Å². The number of furan rings is 1. The Labute approximate surface area is 186 Å². The van der Waals surface area contributed by atoms with Crippen LogP contribution in [0.25, 0.3) is 0 Å². The van der Waals surface area contributed by atoms with Gasteiger partial charge in [-0.3, -0.25) is 4.99 Å². The molecule has 1 aromatic heterocycles. The fourth-order valence-electron chi connectivity index (χ4n) is 4.34. The lowest BCUT2D eigenvalue weighted by Gasteiger charge is -2.30. The van der Waals surface area contributed by atoms with E-state index in [1.54, 1.807) is 6.26 Å². The highest BCUT2D eigenvalue weighted by atomic mass is 16.5. The third kappa shape index (κ3) is 6.50. The number of benzene rings is 1. The molecule has 1 fully saturated rings. The first-order valence-corrected chi connectivity index (χ1v) is 11.8. The van der Waals surface area contributed by atoms with Crippen LogP contribution in [0.1, 0.15) is 50.0 Å². The Morgan fingerprint density at radius 2 is 2.00 bits per heavy atom. The first-order chi connectivity index (χ1) is 15.3. The highest BCUT2D eigenvalue weighted by Crippen LogP contribution is 2.31. The summed E-state index contributed by atoms with van der Waals surface area (Å²) in [5, 5.41) is 7.16. The summed E-state index contributed by atoms with van der Waals surface area (Å²) >= 11 is 0. The maximum Gasteiger partial charge on any atom is 0.191 e. The quantitative estimate of drug-likeness (QED) is 0.381. The van der Waals surface area contributed by atoms with Crippen molar-refractivity contribution < 1.29 is 9.15 Å². The first kappa shape index (κ1) is 21.8. The summed E-state index contributed by atoms with van der Waals surface area (Å²) in [7, 11) is 0. The van der Waals surface area contributed by atoms with E-state index in [0.29, 0.717) is 0 Å². The number of hydrogen-bond acceptors (Lipinski definition) is 4. The van der Waals surface area contributed by atoms with E-state index in [2.05, 4.69) is 34.6 Å². The van der Waals surface area contributed by atoms with Gasteiger partial charge >= 0.3 is 0 Å². The summed E-state index contributed by atoms with van der Waals surface area (Å²) in [5.41, 5.74) is 1.21. The van der Waals surface area contributed by atoms with Gasteiger partial charge in [0, 0.05) is 31.5 Å². The van der Waals surface area contributed by atoms with Crippen LogP contribution in [0.4, 0.5) is 0 Å². The molecule has 2 aliphatic rings. The topological polar surface area (TPSA) is 62.0 Å². The summed E-state index contributed by atoms with van der Waals surface area (Å²) in [5.74, 6) is 3.72. The molecule has 0 amide bonds. The van der Waals surface area contributed by atoms with Crippen LogP contribution in [-0.2, 0) is 6.42 Å². The number of likely N-dealkylation sites (tertiary alicyclic amines) is 1. The Bertz CT molecular complexity index is 813. The number of piperidine rings is 1. The molecular formula is C25H36N4O2. The van der Waals surface area contributed by atoms with E-state index in [0.717, 1.165) is 68.9 Å². The summed E-state index contributed by atoms with van der Waals surface area (Å²) in [6, 6.07) is 12.4. The zero-order valence-electron chi connectivity index (χ0n) is 18.7. The van der Waals surface area contributed by atoms with Crippen molar-refractivity contribution >= 4 is 5.96 Å². The predicted molar refractivity (Wildman–Crippen MR) is 125 cm³/mol. The fraction of sp³-hybridized carbons (Fsp3) is 0.560. The Balaban J connectivity index is 1.32. The number of fused-ring (bicyclic) bond motifs is 1. The predicted octanol–water partition coefficient (Wildman–Crippen LogP) is 4.00. The van der Waals surface area contributed by atoms with Crippen molar-refractivity contribution in [3.8, 4) is 5.75 Å². The average molecular weight is 425 g/mol. The zero-order chi connectivity index (χ0) is 21.3. The number of rotatable bonds is 8. The average Bonchev–Trinajstić information content (AvgIpc) is 3.31. The van der Waals surface area contributed by atoms with Crippen molar-refractivity contribution in [3.63, 3.8) is 0 Å². The second-order valence-corrected chi connectivity index (χ2v) is 8.74. The number of hydrogen-bond donors (Lipinski definition) is 2. The summed E-state index contributed by atoms with van der Waals surface area (Å²) < 4.78 is 11.3. The van der Waals surface area contributed by atoms with Crippen LogP contribution in [0.5, 0.6) is 5.75 Å². The van der Waals surface area contributed by atoms with Crippen LogP contribution in [0.3, 0.4) is 0 Å². The number of guanidine groups is 1. The monoisotopic (exact) mass is 424 g/mol. The third-order valence-corrected chi connectivity index (χ3v) is 6.29. The minimum absolute atomic E-state index is 0.211. The Kier molecular flexibility index (Phi) is 7.88. The molecule has 1 atom stereocenters. The molecule has 0 aliphatic carbocycles. The Hall–Kier alpha value is -2.47. The standard InChI is InChI=1S/C25H36N4O2/c1-20-10-16-29(17-11-20)15-5-13-26-25(27-14-9-21-6-4-18-30-21)28-23-12-19-31-24-8-3-2-7-22(23)24/h2-4,6-8,18,20,23H,5,9-17,19H2,1H3,(H2,26,27,28). The van der Waals surface area contributed by atoms with Crippen LogP contribution in [-0.4, -0.2) is 50.2 Å². The van der Waals surface area contributed by atoms with Crippen molar-refractivity contribution in [2.75, 3.05) is 39.3 Å². The molecular weight excluding hydrogens is 388 g/mol. The van der Waals surface area contributed by atoms with Crippen LogP contribution < -0.4 is 15.4 Å². The van der Waals surface area contributed by atoms with Gasteiger partial charge in [0.15, 0.2) is 5.96 Å². The van der Waals surface area contributed by atoms with Crippen LogP contribution in [0.15, 0.2) is 52.1 Å². The molecule has 4 rings (SSSR count). The van der Waals surface area contributed by atoms with E-state index >= 15 is 0 Å². The van der Waals surface area contributed by atoms with Crippen molar-refractivity contribution in [2.45, 2.75) is 45.1 Å². The molecule has 0 bridgehead atoms. The van der Waals surface area contributed by atoms with Gasteiger partial charge in [-0.2, -0.15) is 0 Å². The maximum absolute atomic E-state index is 5.82. The molecule has 0 radical (unpaired) electrons. The number of aliphatic imine (C=N–C) groups is 1. The van der Waals surface area contributed by atoms with Gasteiger partial charge in [-0.15, -0.1) is 0 Å². The van der Waals surface area contributed by atoms with Gasteiger partial charge in [0.2, 0.25) is 0 Å². The molecule has 6 nitrogen and oxygen atoms in total. The Morgan fingerprint density at radius 3 is 2.84 bits per heavy atom. The molecule has 31 heavy (non-hydrogen) atoms. The highest BCUT2D eigenvalue weighted by Gasteiger charge is 2.22. The number of ether oxygens (including phenoxy) is 1. The molecule has 2 aliphatic heterocycles. The third-order valence-electron chi connectivity index (χ3n) is 6.29. The fourth-order valence-corrected chi connectivity index (χ4v) is 4.34. The van der Waals surface area contributed by atoms with Crippen LogP contribution in [0.2, 0.25) is 0 Å². The summed E-state index contributed by atoms with van der Waals surface area (Å²) in [4.78, 5) is 7.49.